The highest BCUT2D eigenvalue weighted by Crippen LogP contribution is 2.35. The Hall–Kier alpha value is -1.15. The van der Waals surface area contributed by atoms with Crippen LogP contribution in [0.25, 0.3) is 0 Å². The Morgan fingerprint density at radius 1 is 1.61 bits per heavy atom. The molecule has 0 saturated carbocycles. The molecule has 1 fully saturated rings. The van der Waals surface area contributed by atoms with Gasteiger partial charge in [-0.1, -0.05) is 0 Å². The number of halogens is 1. The highest BCUT2D eigenvalue weighted by molar-refractivity contribution is 14.1. The van der Waals surface area contributed by atoms with Gasteiger partial charge >= 0.3 is 0 Å². The van der Waals surface area contributed by atoms with Crippen molar-refractivity contribution >= 4 is 40.5 Å². The van der Waals surface area contributed by atoms with E-state index in [0.717, 1.165) is 0 Å². The molecule has 0 amide bonds. The maximum absolute atomic E-state index is 12.0. The van der Waals surface area contributed by atoms with Crippen LogP contribution in [0.1, 0.15) is 6.92 Å². The topological polar surface area (TPSA) is 121 Å². The van der Waals surface area contributed by atoms with Crippen LogP contribution < -0.4 is 21.1 Å². The number of aromatic amines is 1. The Kier molecular flexibility index (Phi) is 4.91. The monoisotopic (exact) mass is 439 g/mol. The summed E-state index contributed by atoms with van der Waals surface area (Å²) in [6.45, 7) is 2.55. The van der Waals surface area contributed by atoms with Crippen LogP contribution in [0.5, 0.6) is 0 Å². The van der Waals surface area contributed by atoms with Gasteiger partial charge in [-0.15, -0.1) is 0 Å². The zero-order chi connectivity index (χ0) is 16.6. The van der Waals surface area contributed by atoms with Gasteiger partial charge in [0.15, 0.2) is 24.4 Å². The van der Waals surface area contributed by atoms with Crippen LogP contribution in [0.3, 0.4) is 0 Å². The van der Waals surface area contributed by atoms with E-state index >= 15 is 0 Å². The second kappa shape index (κ2) is 6.76. The predicted octanol–water partition coefficient (Wildman–Crippen LogP) is -0.184. The number of nitrogens with zero attached hydrogens (tertiary/aromatic N) is 2. The highest BCUT2D eigenvalue weighted by atomic mass is 127. The van der Waals surface area contributed by atoms with Crippen molar-refractivity contribution in [1.82, 2.24) is 9.97 Å². The van der Waals surface area contributed by atoms with Gasteiger partial charge in [-0.3, -0.25) is 9.78 Å². The van der Waals surface area contributed by atoms with Gasteiger partial charge < -0.3 is 33.2 Å². The van der Waals surface area contributed by atoms with Gasteiger partial charge in [0.25, 0.3) is 5.56 Å². The van der Waals surface area contributed by atoms with Crippen molar-refractivity contribution in [2.45, 2.75) is 31.6 Å². The summed E-state index contributed by atoms with van der Waals surface area (Å²) >= 11 is 1.71. The number of anilines is 3. The second-order valence-corrected chi connectivity index (χ2v) is 5.57. The van der Waals surface area contributed by atoms with Gasteiger partial charge in [0.2, 0.25) is 5.95 Å². The Balaban J connectivity index is 1.90. The molecule has 10 nitrogen and oxygen atoms in total. The van der Waals surface area contributed by atoms with E-state index in [1.807, 2.05) is 6.92 Å². The molecule has 3 heterocycles. The minimum absolute atomic E-state index is 0.285. The van der Waals surface area contributed by atoms with Crippen LogP contribution in [-0.2, 0) is 12.5 Å². The fourth-order valence-electron chi connectivity index (χ4n) is 2.67. The molecule has 4 atom stereocenters. The fraction of sp³-hybridized carbons (Fsp3) is 0.667. The van der Waals surface area contributed by atoms with Crippen LogP contribution in [0.2, 0.25) is 0 Å². The van der Waals surface area contributed by atoms with E-state index in [0.29, 0.717) is 24.1 Å². The molecule has 1 aromatic heterocycles. The predicted molar refractivity (Wildman–Crippen MR) is 90.6 cm³/mol. The number of rotatable bonds is 5. The average Bonchev–Trinajstić information content (AvgIpc) is 3.09. The largest absolute Gasteiger partial charge is 0.385 e. The van der Waals surface area contributed by atoms with Crippen LogP contribution in [0.15, 0.2) is 4.79 Å². The van der Waals surface area contributed by atoms with E-state index in [4.69, 9.17) is 12.5 Å². The third-order valence-corrected chi connectivity index (χ3v) is 4.33. The van der Waals surface area contributed by atoms with Gasteiger partial charge in [-0.05, 0) is 6.92 Å². The number of hydrogen-bond acceptors (Lipinski definition) is 9. The first-order valence-corrected chi connectivity index (χ1v) is 8.03. The van der Waals surface area contributed by atoms with Gasteiger partial charge in [-0.2, -0.15) is 4.98 Å². The zero-order valence-electron chi connectivity index (χ0n) is 12.6. The standard InChI is InChI=1S/C12H18IN5O5/c1-3-21-11-7(23-13)6(19)10(22-11)18-4-15-5-8(18)16-12(14-2)17-9(5)20/h6-7,10-11,15,19H,3-4H2,1-2H3,(H2,14,16,17,20). The molecule has 0 spiro atoms. The summed E-state index contributed by atoms with van der Waals surface area (Å²) in [7, 11) is 1.66. The number of H-pyrrole nitrogens is 1. The van der Waals surface area contributed by atoms with Crippen molar-refractivity contribution in [2.24, 2.45) is 0 Å². The van der Waals surface area contributed by atoms with Crippen LogP contribution in [0.4, 0.5) is 17.5 Å². The number of aliphatic hydroxyl groups excluding tert-OH is 1. The molecule has 2 aliphatic rings. The third-order valence-electron chi connectivity index (χ3n) is 3.75. The molecule has 3 rings (SSSR count). The van der Waals surface area contributed by atoms with Crippen LogP contribution in [-0.4, -0.2) is 60.1 Å². The lowest BCUT2D eigenvalue weighted by Crippen LogP contribution is -2.44. The quantitative estimate of drug-likeness (QED) is 0.463. The maximum atomic E-state index is 12.0. The molecule has 4 unspecified atom stereocenters. The second-order valence-electron chi connectivity index (χ2n) is 5.06. The molecular weight excluding hydrogens is 421 g/mol. The molecule has 128 valence electrons. The molecule has 0 aromatic carbocycles. The smallest absolute Gasteiger partial charge is 0.277 e. The zero-order valence-corrected chi connectivity index (χ0v) is 14.7. The Bertz CT molecular complexity index is 628. The fourth-order valence-corrected chi connectivity index (χ4v) is 3.21. The molecule has 23 heavy (non-hydrogen) atoms. The van der Waals surface area contributed by atoms with Gasteiger partial charge in [0.1, 0.15) is 34.8 Å². The summed E-state index contributed by atoms with van der Waals surface area (Å²) in [4.78, 5) is 20.7. The van der Waals surface area contributed by atoms with E-state index in [2.05, 4.69) is 20.6 Å². The summed E-state index contributed by atoms with van der Waals surface area (Å²) in [6.07, 6.45) is -3.00. The van der Waals surface area contributed by atoms with Crippen molar-refractivity contribution in [3.63, 3.8) is 0 Å². The van der Waals surface area contributed by atoms with E-state index < -0.39 is 24.7 Å². The highest BCUT2D eigenvalue weighted by Gasteiger charge is 2.49. The lowest BCUT2D eigenvalue weighted by atomic mass is 10.2. The van der Waals surface area contributed by atoms with Crippen molar-refractivity contribution in [3.8, 4) is 0 Å². The van der Waals surface area contributed by atoms with Crippen molar-refractivity contribution in [3.05, 3.63) is 10.4 Å². The van der Waals surface area contributed by atoms with E-state index in [1.54, 1.807) is 35.0 Å². The summed E-state index contributed by atoms with van der Waals surface area (Å²) in [6, 6.07) is 0. The van der Waals surface area contributed by atoms with Crippen molar-refractivity contribution in [1.29, 1.82) is 0 Å². The minimum atomic E-state index is -0.949. The number of hydrogen-bond donors (Lipinski definition) is 4. The van der Waals surface area contributed by atoms with Gasteiger partial charge in [-0.25, -0.2) is 0 Å². The first-order valence-electron chi connectivity index (χ1n) is 7.15. The SMILES string of the molecule is CCOC1OC(N2CNc3c2nc(NC)[nH]c3=O)C(O)C1OI. The lowest BCUT2D eigenvalue weighted by molar-refractivity contribution is -0.152. The van der Waals surface area contributed by atoms with Gasteiger partial charge in [0.05, 0.1) is 6.67 Å². The minimum Gasteiger partial charge on any atom is -0.385 e. The molecule has 0 radical (unpaired) electrons. The average molecular weight is 439 g/mol. The number of aliphatic hydroxyl groups is 1. The molecule has 1 aromatic rings. The molecule has 11 heteroatoms. The van der Waals surface area contributed by atoms with Crippen LogP contribution >= 0.6 is 23.0 Å². The summed E-state index contributed by atoms with van der Waals surface area (Å²) in [5, 5.41) is 16.3. The Morgan fingerprint density at radius 3 is 3.04 bits per heavy atom. The summed E-state index contributed by atoms with van der Waals surface area (Å²) in [5.41, 5.74) is 0.0454. The molecule has 0 aliphatic carbocycles. The molecular formula is C12H18IN5O5. The van der Waals surface area contributed by atoms with E-state index in [-0.39, 0.29) is 12.2 Å². The van der Waals surface area contributed by atoms with Crippen molar-refractivity contribution < 1.29 is 17.6 Å². The van der Waals surface area contributed by atoms with E-state index in [1.165, 1.54) is 0 Å². The number of aromatic nitrogens is 2. The first kappa shape index (κ1) is 16.7. The van der Waals surface area contributed by atoms with E-state index in [9.17, 15) is 9.90 Å². The first-order chi connectivity index (χ1) is 11.1. The maximum Gasteiger partial charge on any atom is 0.277 e. The number of fused-ring (bicyclic) bond motifs is 1. The third kappa shape index (κ3) is 2.87. The summed E-state index contributed by atoms with van der Waals surface area (Å²) in [5.74, 6) is 0.740. The lowest BCUT2D eigenvalue weighted by Gasteiger charge is -2.26. The molecule has 0 bridgehead atoms. The van der Waals surface area contributed by atoms with Crippen LogP contribution in [0, 0.1) is 0 Å². The number of ether oxygens (including phenoxy) is 2. The molecule has 4 N–H and O–H groups in total. The normalized spacial score (nSPS) is 29.5. The molecule has 2 aliphatic heterocycles. The Morgan fingerprint density at radius 2 is 2.39 bits per heavy atom. The molecule has 1 saturated heterocycles. The summed E-state index contributed by atoms with van der Waals surface area (Å²) < 4.78 is 16.5. The number of nitrogens with one attached hydrogen (secondary N) is 3. The van der Waals surface area contributed by atoms with Crippen molar-refractivity contribution in [2.75, 3.05) is 35.9 Å². The van der Waals surface area contributed by atoms with Gasteiger partial charge in [0, 0.05) is 13.7 Å². The Labute approximate surface area is 146 Å².